The molecule has 2 aromatic carbocycles. The first-order valence-electron chi connectivity index (χ1n) is 10.2. The Bertz CT molecular complexity index is 928. The van der Waals surface area contributed by atoms with Crippen molar-refractivity contribution in [2.45, 2.75) is 19.8 Å². The highest BCUT2D eigenvalue weighted by Gasteiger charge is 2.16. The van der Waals surface area contributed by atoms with Crippen LogP contribution in [0.1, 0.15) is 30.1 Å². The zero-order valence-corrected chi connectivity index (χ0v) is 17.8. The molecule has 166 valence electrons. The Labute approximate surface area is 181 Å². The van der Waals surface area contributed by atoms with E-state index in [0.717, 1.165) is 0 Å². The molecular weight excluding hydrogens is 403 g/mol. The van der Waals surface area contributed by atoms with Crippen molar-refractivity contribution in [1.29, 1.82) is 0 Å². The number of Topliss-reactive ketones (excluding diaryl/α,β-unsaturated/α-hetero) is 1. The minimum absolute atomic E-state index is 0.0593. The number of nitrogens with zero attached hydrogens (tertiary/aromatic N) is 1. The summed E-state index contributed by atoms with van der Waals surface area (Å²) in [7, 11) is 1.50. The van der Waals surface area contributed by atoms with Gasteiger partial charge in [-0.25, -0.2) is 4.39 Å². The van der Waals surface area contributed by atoms with Gasteiger partial charge in [-0.15, -0.1) is 0 Å². The number of rotatable bonds is 9. The summed E-state index contributed by atoms with van der Waals surface area (Å²) in [5.41, 5.74) is 1.47. The Morgan fingerprint density at radius 2 is 1.90 bits per heavy atom. The zero-order chi connectivity index (χ0) is 22.2. The minimum Gasteiger partial charge on any atom is -0.493 e. The fourth-order valence-corrected chi connectivity index (χ4v) is 3.29. The van der Waals surface area contributed by atoms with E-state index >= 15 is 0 Å². The molecule has 0 bridgehead atoms. The fraction of sp³-hybridized carbons (Fsp3) is 0.391. The molecular formula is C23H27FN2O5. The van der Waals surface area contributed by atoms with Gasteiger partial charge in [0, 0.05) is 30.8 Å². The Morgan fingerprint density at radius 1 is 1.13 bits per heavy atom. The molecule has 31 heavy (non-hydrogen) atoms. The topological polar surface area (TPSA) is 77.1 Å². The van der Waals surface area contributed by atoms with Crippen LogP contribution >= 0.6 is 0 Å². The van der Waals surface area contributed by atoms with Crippen LogP contribution in [0.5, 0.6) is 11.5 Å². The highest BCUT2D eigenvalue weighted by Crippen LogP contribution is 2.28. The normalized spacial score (nSPS) is 13.6. The molecule has 0 radical (unpaired) electrons. The summed E-state index contributed by atoms with van der Waals surface area (Å²) >= 11 is 0. The van der Waals surface area contributed by atoms with Crippen molar-refractivity contribution in [1.82, 2.24) is 0 Å². The zero-order valence-electron chi connectivity index (χ0n) is 17.8. The van der Waals surface area contributed by atoms with E-state index in [4.69, 9.17) is 14.2 Å². The van der Waals surface area contributed by atoms with Crippen molar-refractivity contribution in [2.75, 3.05) is 50.2 Å². The van der Waals surface area contributed by atoms with Gasteiger partial charge in [0.15, 0.2) is 17.3 Å². The first kappa shape index (κ1) is 22.6. The Kier molecular flexibility index (Phi) is 7.83. The quantitative estimate of drug-likeness (QED) is 0.483. The standard InChI is InChI=1S/C23H27FN2O5/c1-16(27)17-5-8-21(22(14-17)29-2)31-11-3-4-23(28)25-18-6-7-20(19(24)15-18)26-9-12-30-13-10-26/h5-8,14-15H,3-4,9-13H2,1-2H3,(H,25,28). The van der Waals surface area contributed by atoms with Gasteiger partial charge in [0.1, 0.15) is 5.82 Å². The number of anilines is 2. The molecule has 0 unspecified atom stereocenters. The fourth-order valence-electron chi connectivity index (χ4n) is 3.29. The van der Waals surface area contributed by atoms with Gasteiger partial charge in [0.25, 0.3) is 0 Å². The number of amides is 1. The largest absolute Gasteiger partial charge is 0.493 e. The van der Waals surface area contributed by atoms with Crippen molar-refractivity contribution in [3.05, 3.63) is 47.8 Å². The molecule has 0 atom stereocenters. The smallest absolute Gasteiger partial charge is 0.224 e. The lowest BCUT2D eigenvalue weighted by Gasteiger charge is -2.29. The SMILES string of the molecule is COc1cc(C(C)=O)ccc1OCCCC(=O)Nc1ccc(N2CCOCC2)c(F)c1. The van der Waals surface area contributed by atoms with Crippen molar-refractivity contribution in [2.24, 2.45) is 0 Å². The van der Waals surface area contributed by atoms with Crippen LogP contribution in [0.4, 0.5) is 15.8 Å². The van der Waals surface area contributed by atoms with Crippen LogP contribution in [0.25, 0.3) is 0 Å². The number of halogens is 1. The maximum Gasteiger partial charge on any atom is 0.224 e. The summed E-state index contributed by atoms with van der Waals surface area (Å²) in [4.78, 5) is 25.6. The molecule has 1 N–H and O–H groups in total. The molecule has 0 spiro atoms. The third-order valence-electron chi connectivity index (χ3n) is 4.96. The van der Waals surface area contributed by atoms with Crippen LogP contribution in [0.2, 0.25) is 0 Å². The summed E-state index contributed by atoms with van der Waals surface area (Å²) < 4.78 is 30.7. The lowest BCUT2D eigenvalue weighted by atomic mass is 10.1. The number of methoxy groups -OCH3 is 1. The maximum absolute atomic E-state index is 14.4. The van der Waals surface area contributed by atoms with E-state index < -0.39 is 0 Å². The third-order valence-corrected chi connectivity index (χ3v) is 4.96. The molecule has 0 saturated carbocycles. The van der Waals surface area contributed by atoms with Gasteiger partial charge in [-0.05, 0) is 49.7 Å². The van der Waals surface area contributed by atoms with Crippen molar-refractivity contribution in [3.63, 3.8) is 0 Å². The van der Waals surface area contributed by atoms with Gasteiger partial charge in [0.05, 0.1) is 32.6 Å². The molecule has 1 aliphatic heterocycles. The van der Waals surface area contributed by atoms with E-state index in [1.54, 1.807) is 30.3 Å². The average Bonchev–Trinajstić information content (AvgIpc) is 2.77. The molecule has 0 aromatic heterocycles. The molecule has 7 nitrogen and oxygen atoms in total. The Balaban J connectivity index is 1.46. The molecule has 1 amide bonds. The lowest BCUT2D eigenvalue weighted by Crippen LogP contribution is -2.36. The molecule has 3 rings (SSSR count). The summed E-state index contributed by atoms with van der Waals surface area (Å²) in [5, 5.41) is 2.71. The third kappa shape index (κ3) is 6.18. The van der Waals surface area contributed by atoms with Crippen LogP contribution in [-0.2, 0) is 9.53 Å². The second-order valence-electron chi connectivity index (χ2n) is 7.19. The summed E-state index contributed by atoms with van der Waals surface area (Å²) in [6, 6.07) is 9.68. The highest BCUT2D eigenvalue weighted by molar-refractivity contribution is 5.94. The van der Waals surface area contributed by atoms with Gasteiger partial charge in [-0.3, -0.25) is 9.59 Å². The number of carbonyl (C=O) groups is 2. The molecule has 1 fully saturated rings. The van der Waals surface area contributed by atoms with Crippen LogP contribution in [0.3, 0.4) is 0 Å². The number of benzene rings is 2. The summed E-state index contributed by atoms with van der Waals surface area (Å²) in [6.07, 6.45) is 0.693. The van der Waals surface area contributed by atoms with Crippen LogP contribution in [-0.4, -0.2) is 51.7 Å². The van der Waals surface area contributed by atoms with Crippen LogP contribution in [0, 0.1) is 5.82 Å². The van der Waals surface area contributed by atoms with Crippen LogP contribution < -0.4 is 19.7 Å². The number of hydrogen-bond acceptors (Lipinski definition) is 6. The second kappa shape index (κ2) is 10.8. The average molecular weight is 430 g/mol. The number of nitrogens with one attached hydrogen (secondary N) is 1. The first-order valence-corrected chi connectivity index (χ1v) is 10.2. The molecule has 1 aliphatic rings. The van der Waals surface area contributed by atoms with Crippen LogP contribution in [0.15, 0.2) is 36.4 Å². The predicted molar refractivity (Wildman–Crippen MR) is 116 cm³/mol. The number of hydrogen-bond donors (Lipinski definition) is 1. The second-order valence-corrected chi connectivity index (χ2v) is 7.19. The highest BCUT2D eigenvalue weighted by atomic mass is 19.1. The summed E-state index contributed by atoms with van der Waals surface area (Å²) in [6.45, 7) is 4.22. The van der Waals surface area contributed by atoms with Gasteiger partial charge in [-0.2, -0.15) is 0 Å². The van der Waals surface area contributed by atoms with E-state index in [2.05, 4.69) is 5.32 Å². The molecule has 0 aliphatic carbocycles. The van der Waals surface area contributed by atoms with E-state index in [-0.39, 0.29) is 23.9 Å². The molecule has 1 saturated heterocycles. The van der Waals surface area contributed by atoms with Crippen molar-refractivity contribution in [3.8, 4) is 11.5 Å². The van der Waals surface area contributed by atoms with Crippen molar-refractivity contribution < 1.29 is 28.2 Å². The van der Waals surface area contributed by atoms with Gasteiger partial charge >= 0.3 is 0 Å². The molecule has 8 heteroatoms. The predicted octanol–water partition coefficient (Wildman–Crippen LogP) is 3.67. The maximum atomic E-state index is 14.4. The van der Waals surface area contributed by atoms with E-state index in [1.807, 2.05) is 4.90 Å². The molecule has 1 heterocycles. The van der Waals surface area contributed by atoms with E-state index in [9.17, 15) is 14.0 Å². The summed E-state index contributed by atoms with van der Waals surface area (Å²) in [5.74, 6) is 0.322. The van der Waals surface area contributed by atoms with Crippen molar-refractivity contribution >= 4 is 23.1 Å². The number of ketones is 1. The first-order chi connectivity index (χ1) is 15.0. The Morgan fingerprint density at radius 3 is 2.58 bits per heavy atom. The van der Waals surface area contributed by atoms with Gasteiger partial charge in [0.2, 0.25) is 5.91 Å². The Hall–Kier alpha value is -3.13. The number of ether oxygens (including phenoxy) is 3. The van der Waals surface area contributed by atoms with E-state index in [1.165, 1.54) is 20.1 Å². The number of carbonyl (C=O) groups excluding carboxylic acids is 2. The minimum atomic E-state index is -0.371. The van der Waals surface area contributed by atoms with E-state index in [0.29, 0.717) is 67.8 Å². The number of morpholine rings is 1. The van der Waals surface area contributed by atoms with Gasteiger partial charge < -0.3 is 24.4 Å². The monoisotopic (exact) mass is 430 g/mol. The molecule has 2 aromatic rings. The lowest BCUT2D eigenvalue weighted by molar-refractivity contribution is -0.116. The van der Waals surface area contributed by atoms with Gasteiger partial charge in [-0.1, -0.05) is 0 Å².